The third-order valence-electron chi connectivity index (χ3n) is 13.6. The Labute approximate surface area is 294 Å². The second kappa shape index (κ2) is 13.3. The van der Waals surface area contributed by atoms with E-state index in [-0.39, 0.29) is 28.9 Å². The molecule has 0 aliphatic heterocycles. The van der Waals surface area contributed by atoms with Crippen LogP contribution >= 0.6 is 0 Å². The predicted octanol–water partition coefficient (Wildman–Crippen LogP) is 10.2. The van der Waals surface area contributed by atoms with Crippen LogP contribution in [0.25, 0.3) is 0 Å². The molecule has 8 atom stereocenters. The molecule has 2 aromatic carbocycles. The average molecular weight is 667 g/mol. The first-order chi connectivity index (χ1) is 23.1. The van der Waals surface area contributed by atoms with Gasteiger partial charge in [-0.2, -0.15) is 0 Å². The molecule has 3 saturated carbocycles. The largest absolute Gasteiger partial charge is 0.458 e. The fourth-order valence-electron chi connectivity index (χ4n) is 11.3. The lowest BCUT2D eigenvalue weighted by Crippen LogP contribution is -2.56. The van der Waals surface area contributed by atoms with Crippen LogP contribution in [-0.2, 0) is 9.47 Å². The first-order valence-corrected chi connectivity index (χ1v) is 18.7. The van der Waals surface area contributed by atoms with Gasteiger partial charge in [-0.05, 0) is 160 Å². The van der Waals surface area contributed by atoms with Crippen molar-refractivity contribution in [2.24, 2.45) is 45.8 Å². The quantitative estimate of drug-likeness (QED) is 0.165. The first-order valence-electron chi connectivity index (χ1n) is 18.7. The monoisotopic (exact) mass is 666 g/mol. The molecule has 0 radical (unpaired) electrons. The lowest BCUT2D eigenvalue weighted by molar-refractivity contribution is -0.0923. The molecule has 0 spiro atoms. The summed E-state index contributed by atoms with van der Waals surface area (Å²) in [5.74, 6) is 3.02. The van der Waals surface area contributed by atoms with Crippen molar-refractivity contribution in [1.82, 2.24) is 0 Å². The normalized spacial score (nSPS) is 32.3. The topological polar surface area (TPSA) is 105 Å². The van der Waals surface area contributed by atoms with Crippen molar-refractivity contribution in [1.29, 1.82) is 0 Å². The van der Waals surface area contributed by atoms with Gasteiger partial charge in [0.1, 0.15) is 11.9 Å². The molecule has 2 aromatic rings. The van der Waals surface area contributed by atoms with Crippen molar-refractivity contribution in [2.75, 3.05) is 11.5 Å². The molecule has 0 amide bonds. The summed E-state index contributed by atoms with van der Waals surface area (Å²) in [5.41, 5.74) is 16.2. The van der Waals surface area contributed by atoms with Crippen LogP contribution in [0.3, 0.4) is 0 Å². The Morgan fingerprint density at radius 3 is 2.06 bits per heavy atom. The standard InChI is InChI=1S/C43H58N2O4/c1-26(2)9-8-10-27(3)33-19-20-34-32-25-36(48-39(46)28-11-15-30(44)16-12-28)38-41(4,5)37(49-40(47)29-13-17-31(45)18-14-29)22-24-43(38,7)35(32)21-23-42(33,34)6/h9,11-18,27,32-35,37H,8,10,19-25,44-45H2,1-7H3. The predicted molar refractivity (Wildman–Crippen MR) is 197 cm³/mol. The third-order valence-corrected chi connectivity index (χ3v) is 13.6. The lowest BCUT2D eigenvalue weighted by Gasteiger charge is -2.62. The molecule has 264 valence electrons. The van der Waals surface area contributed by atoms with Gasteiger partial charge in [-0.15, -0.1) is 0 Å². The van der Waals surface area contributed by atoms with Gasteiger partial charge in [-0.25, -0.2) is 9.59 Å². The summed E-state index contributed by atoms with van der Waals surface area (Å²) in [6, 6.07) is 13.9. The minimum Gasteiger partial charge on any atom is -0.458 e. The van der Waals surface area contributed by atoms with Gasteiger partial charge in [0.2, 0.25) is 0 Å². The molecular weight excluding hydrogens is 608 g/mol. The van der Waals surface area contributed by atoms with E-state index < -0.39 is 5.41 Å². The second-order valence-corrected chi connectivity index (χ2v) is 17.1. The van der Waals surface area contributed by atoms with E-state index in [4.69, 9.17) is 20.9 Å². The molecule has 49 heavy (non-hydrogen) atoms. The Balaban J connectivity index is 1.35. The number of esters is 2. The molecule has 6 heteroatoms. The number of ether oxygens (including phenoxy) is 2. The highest BCUT2D eigenvalue weighted by atomic mass is 16.5. The van der Waals surface area contributed by atoms with Gasteiger partial charge in [-0.1, -0.05) is 46.3 Å². The fourth-order valence-corrected chi connectivity index (χ4v) is 11.3. The second-order valence-electron chi connectivity index (χ2n) is 17.1. The van der Waals surface area contributed by atoms with Crippen LogP contribution in [0, 0.1) is 45.8 Å². The van der Waals surface area contributed by atoms with Crippen LogP contribution in [0.2, 0.25) is 0 Å². The number of nitrogens with two attached hydrogens (primary N) is 2. The van der Waals surface area contributed by atoms with Crippen LogP contribution in [-0.4, -0.2) is 18.0 Å². The van der Waals surface area contributed by atoms with Crippen molar-refractivity contribution in [3.8, 4) is 0 Å². The highest BCUT2D eigenvalue weighted by Gasteiger charge is 2.63. The Bertz CT molecular complexity index is 1620. The molecule has 3 fully saturated rings. The van der Waals surface area contributed by atoms with E-state index in [0.717, 1.165) is 31.4 Å². The van der Waals surface area contributed by atoms with E-state index >= 15 is 0 Å². The number of benzene rings is 2. The SMILES string of the molecule is CC(C)=CCCC(C)C1CCC2C3CC(OC(=O)c4ccc(N)cc4)=C4C(C)(C)C(OC(=O)c5ccc(N)cc5)CCC4(C)C3CCC12C. The molecule has 4 aliphatic rings. The highest BCUT2D eigenvalue weighted by Crippen LogP contribution is 2.70. The number of nitrogen functional groups attached to an aromatic ring is 2. The summed E-state index contributed by atoms with van der Waals surface area (Å²) in [7, 11) is 0. The number of fused-ring (bicyclic) bond motifs is 5. The van der Waals surface area contributed by atoms with Crippen LogP contribution in [0.4, 0.5) is 11.4 Å². The van der Waals surface area contributed by atoms with Crippen molar-refractivity contribution >= 4 is 23.3 Å². The van der Waals surface area contributed by atoms with Crippen LogP contribution in [0.1, 0.15) is 127 Å². The molecule has 0 saturated heterocycles. The molecule has 4 N–H and O–H groups in total. The van der Waals surface area contributed by atoms with E-state index in [1.165, 1.54) is 43.3 Å². The van der Waals surface area contributed by atoms with E-state index in [1.807, 2.05) is 0 Å². The lowest BCUT2D eigenvalue weighted by atomic mass is 9.43. The Morgan fingerprint density at radius 1 is 0.837 bits per heavy atom. The summed E-state index contributed by atoms with van der Waals surface area (Å²) in [6.07, 6.45) is 11.8. The van der Waals surface area contributed by atoms with Crippen molar-refractivity contribution in [3.05, 3.63) is 82.6 Å². The Kier molecular flexibility index (Phi) is 9.58. The number of hydrogen-bond acceptors (Lipinski definition) is 6. The van der Waals surface area contributed by atoms with Crippen molar-refractivity contribution in [2.45, 2.75) is 112 Å². The van der Waals surface area contributed by atoms with E-state index in [2.05, 4.69) is 54.5 Å². The van der Waals surface area contributed by atoms with Gasteiger partial charge in [0, 0.05) is 23.2 Å². The van der Waals surface area contributed by atoms with Gasteiger partial charge in [0.15, 0.2) is 0 Å². The van der Waals surface area contributed by atoms with Gasteiger partial charge in [0.05, 0.1) is 11.1 Å². The van der Waals surface area contributed by atoms with Gasteiger partial charge in [0.25, 0.3) is 0 Å². The average Bonchev–Trinajstić information content (AvgIpc) is 3.40. The van der Waals surface area contributed by atoms with Crippen molar-refractivity contribution < 1.29 is 19.1 Å². The smallest absolute Gasteiger partial charge is 0.343 e. The maximum absolute atomic E-state index is 13.8. The maximum Gasteiger partial charge on any atom is 0.343 e. The first kappa shape index (κ1) is 35.3. The summed E-state index contributed by atoms with van der Waals surface area (Å²) in [5, 5.41) is 0. The fraction of sp³-hybridized carbons (Fsp3) is 0.581. The molecule has 0 heterocycles. The zero-order valence-corrected chi connectivity index (χ0v) is 30.8. The number of carbonyl (C=O) groups is 2. The summed E-state index contributed by atoms with van der Waals surface area (Å²) in [6.45, 7) is 16.3. The van der Waals surface area contributed by atoms with Gasteiger partial charge in [-0.3, -0.25) is 0 Å². The molecule has 0 bridgehead atoms. The summed E-state index contributed by atoms with van der Waals surface area (Å²) < 4.78 is 12.9. The number of allylic oxidation sites excluding steroid dienone is 3. The molecule has 8 unspecified atom stereocenters. The van der Waals surface area contributed by atoms with Crippen LogP contribution in [0.15, 0.2) is 71.5 Å². The van der Waals surface area contributed by atoms with Crippen molar-refractivity contribution in [3.63, 3.8) is 0 Å². The summed E-state index contributed by atoms with van der Waals surface area (Å²) >= 11 is 0. The Morgan fingerprint density at radius 2 is 1.45 bits per heavy atom. The Hall–Kier alpha value is -3.54. The molecule has 4 aliphatic carbocycles. The number of carbonyl (C=O) groups excluding carboxylic acids is 2. The number of rotatable bonds is 8. The summed E-state index contributed by atoms with van der Waals surface area (Å²) in [4.78, 5) is 27.2. The highest BCUT2D eigenvalue weighted by molar-refractivity contribution is 5.91. The van der Waals surface area contributed by atoms with E-state index in [9.17, 15) is 9.59 Å². The number of anilines is 2. The molecule has 6 nitrogen and oxygen atoms in total. The van der Waals surface area contributed by atoms with E-state index in [1.54, 1.807) is 48.5 Å². The van der Waals surface area contributed by atoms with E-state index in [0.29, 0.717) is 52.1 Å². The minimum atomic E-state index is -0.531. The van der Waals surface area contributed by atoms with Gasteiger partial charge < -0.3 is 20.9 Å². The molecule has 6 rings (SSSR count). The van der Waals surface area contributed by atoms with Crippen LogP contribution < -0.4 is 11.5 Å². The zero-order valence-electron chi connectivity index (χ0n) is 30.8. The molecule has 0 aromatic heterocycles. The zero-order chi connectivity index (χ0) is 35.3. The minimum absolute atomic E-state index is 0.165. The third kappa shape index (κ3) is 6.45. The maximum atomic E-state index is 13.8. The van der Waals surface area contributed by atoms with Gasteiger partial charge >= 0.3 is 11.9 Å². The van der Waals surface area contributed by atoms with Crippen LogP contribution in [0.5, 0.6) is 0 Å². The molecular formula is C43H58N2O4. The number of hydrogen-bond donors (Lipinski definition) is 2.